The minimum Gasteiger partial charge on any atom is -0.478 e. The molecule has 0 saturated carbocycles. The molecular formula is C12H13NO4. The van der Waals surface area contributed by atoms with Gasteiger partial charge in [-0.2, -0.15) is 0 Å². The normalized spacial score (nSPS) is 18.9. The lowest BCUT2D eigenvalue weighted by atomic mass is 10.1. The summed E-state index contributed by atoms with van der Waals surface area (Å²) < 4.78 is 4.81. The monoisotopic (exact) mass is 235 g/mol. The van der Waals surface area contributed by atoms with Gasteiger partial charge in [-0.3, -0.25) is 0 Å². The van der Waals surface area contributed by atoms with Gasteiger partial charge in [0.25, 0.3) is 0 Å². The summed E-state index contributed by atoms with van der Waals surface area (Å²) in [6.45, 7) is 2.20. The van der Waals surface area contributed by atoms with E-state index in [1.165, 1.54) is 0 Å². The van der Waals surface area contributed by atoms with E-state index in [2.05, 4.69) is 5.32 Å². The van der Waals surface area contributed by atoms with E-state index < -0.39 is 12.0 Å². The van der Waals surface area contributed by atoms with Crippen molar-refractivity contribution >= 4 is 17.6 Å². The third-order valence-corrected chi connectivity index (χ3v) is 2.67. The van der Waals surface area contributed by atoms with E-state index in [0.717, 1.165) is 5.56 Å². The van der Waals surface area contributed by atoms with Gasteiger partial charge in [0.05, 0.1) is 12.2 Å². The maximum atomic E-state index is 11.3. The molecule has 0 bridgehead atoms. The maximum Gasteiger partial charge on any atom is 0.337 e. The van der Waals surface area contributed by atoms with Crippen molar-refractivity contribution in [3.63, 3.8) is 0 Å². The number of carboxylic acids is 1. The molecule has 1 atom stereocenters. The number of aryl methyl sites for hydroxylation is 1. The first-order valence-electron chi connectivity index (χ1n) is 5.35. The summed E-state index contributed by atoms with van der Waals surface area (Å²) >= 11 is 0. The number of ether oxygens (including phenoxy) is 1. The predicted molar refractivity (Wildman–Crippen MR) is 61.1 cm³/mol. The second-order valence-corrected chi connectivity index (χ2v) is 4.01. The number of aromatic carboxylic acids is 1. The van der Waals surface area contributed by atoms with Crippen LogP contribution in [0.2, 0.25) is 0 Å². The Labute approximate surface area is 98.4 Å². The van der Waals surface area contributed by atoms with Crippen molar-refractivity contribution in [2.45, 2.75) is 19.4 Å². The molecule has 1 heterocycles. The SMILES string of the molecule is Cc1ccc(NC2CCOC2=O)c(C(=O)O)c1. The largest absolute Gasteiger partial charge is 0.478 e. The van der Waals surface area contributed by atoms with Gasteiger partial charge < -0.3 is 15.2 Å². The number of esters is 1. The van der Waals surface area contributed by atoms with Gasteiger partial charge in [-0.25, -0.2) is 9.59 Å². The molecule has 1 aliphatic heterocycles. The van der Waals surface area contributed by atoms with Crippen LogP contribution in [0, 0.1) is 6.92 Å². The molecular weight excluding hydrogens is 222 g/mol. The molecule has 2 N–H and O–H groups in total. The number of carboxylic acid groups (broad SMARTS) is 1. The van der Waals surface area contributed by atoms with Crippen LogP contribution in [0.1, 0.15) is 22.3 Å². The average Bonchev–Trinajstić information content (AvgIpc) is 2.67. The summed E-state index contributed by atoms with van der Waals surface area (Å²) in [5, 5.41) is 12.0. The average molecular weight is 235 g/mol. The molecule has 1 aromatic carbocycles. The first kappa shape index (κ1) is 11.4. The second-order valence-electron chi connectivity index (χ2n) is 4.01. The van der Waals surface area contributed by atoms with E-state index in [0.29, 0.717) is 18.7 Å². The fraction of sp³-hybridized carbons (Fsp3) is 0.333. The van der Waals surface area contributed by atoms with Gasteiger partial charge in [-0.1, -0.05) is 11.6 Å². The Morgan fingerprint density at radius 2 is 2.29 bits per heavy atom. The van der Waals surface area contributed by atoms with Gasteiger partial charge in [-0.05, 0) is 19.1 Å². The van der Waals surface area contributed by atoms with Gasteiger partial charge >= 0.3 is 11.9 Å². The highest BCUT2D eigenvalue weighted by atomic mass is 16.5. The highest BCUT2D eigenvalue weighted by Crippen LogP contribution is 2.21. The van der Waals surface area contributed by atoms with Crippen LogP contribution in [0.15, 0.2) is 18.2 Å². The van der Waals surface area contributed by atoms with Crippen molar-refractivity contribution in [2.24, 2.45) is 0 Å². The third-order valence-electron chi connectivity index (χ3n) is 2.67. The molecule has 0 aliphatic carbocycles. The van der Waals surface area contributed by atoms with Crippen LogP contribution in [0.5, 0.6) is 0 Å². The van der Waals surface area contributed by atoms with Gasteiger partial charge in [0.1, 0.15) is 6.04 Å². The van der Waals surface area contributed by atoms with Crippen molar-refractivity contribution < 1.29 is 19.4 Å². The van der Waals surface area contributed by atoms with Gasteiger partial charge in [0.15, 0.2) is 0 Å². The van der Waals surface area contributed by atoms with E-state index in [1.807, 2.05) is 6.92 Å². The zero-order chi connectivity index (χ0) is 12.4. The van der Waals surface area contributed by atoms with Crippen LogP contribution in [0.25, 0.3) is 0 Å². The quantitative estimate of drug-likeness (QED) is 0.775. The van der Waals surface area contributed by atoms with E-state index >= 15 is 0 Å². The molecule has 1 aromatic rings. The number of carbonyl (C=O) groups is 2. The van der Waals surface area contributed by atoms with Crippen LogP contribution in [-0.2, 0) is 9.53 Å². The Balaban J connectivity index is 2.25. The van der Waals surface area contributed by atoms with Gasteiger partial charge in [0.2, 0.25) is 0 Å². The second kappa shape index (κ2) is 4.45. The van der Waals surface area contributed by atoms with Crippen LogP contribution >= 0.6 is 0 Å². The van der Waals surface area contributed by atoms with Crippen molar-refractivity contribution in [1.82, 2.24) is 0 Å². The molecule has 90 valence electrons. The zero-order valence-electron chi connectivity index (χ0n) is 9.40. The lowest BCUT2D eigenvalue weighted by molar-refractivity contribution is -0.138. The minimum absolute atomic E-state index is 0.171. The molecule has 1 fully saturated rings. The number of rotatable bonds is 3. The molecule has 0 spiro atoms. The number of carbonyl (C=O) groups excluding carboxylic acids is 1. The minimum atomic E-state index is -1.01. The van der Waals surface area contributed by atoms with Gasteiger partial charge in [-0.15, -0.1) is 0 Å². The number of hydrogen-bond donors (Lipinski definition) is 2. The van der Waals surface area contributed by atoms with E-state index in [4.69, 9.17) is 9.84 Å². The molecule has 17 heavy (non-hydrogen) atoms. The number of hydrogen-bond acceptors (Lipinski definition) is 4. The van der Waals surface area contributed by atoms with E-state index in [-0.39, 0.29) is 11.5 Å². The lowest BCUT2D eigenvalue weighted by Crippen LogP contribution is -2.25. The molecule has 1 unspecified atom stereocenters. The first-order chi connectivity index (χ1) is 8.08. The lowest BCUT2D eigenvalue weighted by Gasteiger charge is -2.13. The number of cyclic esters (lactones) is 1. The van der Waals surface area contributed by atoms with Crippen LogP contribution in [0.4, 0.5) is 5.69 Å². The standard InChI is InChI=1S/C12H13NO4/c1-7-2-3-9(8(6-7)11(14)15)13-10-4-5-17-12(10)16/h2-3,6,10,13H,4-5H2,1H3,(H,14,15). The highest BCUT2D eigenvalue weighted by Gasteiger charge is 2.27. The fourth-order valence-corrected chi connectivity index (χ4v) is 1.78. The number of nitrogens with one attached hydrogen (secondary N) is 1. The summed E-state index contributed by atoms with van der Waals surface area (Å²) in [6.07, 6.45) is 0.561. The molecule has 5 nitrogen and oxygen atoms in total. The predicted octanol–water partition coefficient (Wildman–Crippen LogP) is 1.42. The number of benzene rings is 1. The maximum absolute atomic E-state index is 11.3. The van der Waals surface area contributed by atoms with Gasteiger partial charge in [0, 0.05) is 12.1 Å². The third kappa shape index (κ3) is 2.38. The summed E-state index contributed by atoms with van der Waals surface area (Å²) in [7, 11) is 0. The topological polar surface area (TPSA) is 75.6 Å². The van der Waals surface area contributed by atoms with E-state index in [1.54, 1.807) is 18.2 Å². The Hall–Kier alpha value is -2.04. The Morgan fingerprint density at radius 1 is 1.53 bits per heavy atom. The van der Waals surface area contributed by atoms with Crippen molar-refractivity contribution in [1.29, 1.82) is 0 Å². The number of anilines is 1. The van der Waals surface area contributed by atoms with Crippen molar-refractivity contribution in [2.75, 3.05) is 11.9 Å². The zero-order valence-corrected chi connectivity index (χ0v) is 9.40. The summed E-state index contributed by atoms with van der Waals surface area (Å²) in [6, 6.07) is 4.60. The van der Waals surface area contributed by atoms with Crippen LogP contribution in [-0.4, -0.2) is 29.7 Å². The van der Waals surface area contributed by atoms with Crippen LogP contribution < -0.4 is 5.32 Å². The molecule has 0 amide bonds. The molecule has 0 aromatic heterocycles. The Kier molecular flexibility index (Phi) is 2.99. The molecule has 1 aliphatic rings. The van der Waals surface area contributed by atoms with Crippen molar-refractivity contribution in [3.05, 3.63) is 29.3 Å². The summed E-state index contributed by atoms with van der Waals surface area (Å²) in [4.78, 5) is 22.4. The Bertz CT molecular complexity index is 470. The molecule has 0 radical (unpaired) electrons. The summed E-state index contributed by atoms with van der Waals surface area (Å²) in [5.74, 6) is -1.34. The first-order valence-corrected chi connectivity index (χ1v) is 5.35. The Morgan fingerprint density at radius 3 is 2.88 bits per heavy atom. The smallest absolute Gasteiger partial charge is 0.337 e. The van der Waals surface area contributed by atoms with Crippen molar-refractivity contribution in [3.8, 4) is 0 Å². The molecule has 1 saturated heterocycles. The molecule has 2 rings (SSSR count). The summed E-state index contributed by atoms with van der Waals surface area (Å²) in [5.41, 5.74) is 1.48. The highest BCUT2D eigenvalue weighted by molar-refractivity contribution is 5.95. The molecule has 5 heteroatoms. The van der Waals surface area contributed by atoms with E-state index in [9.17, 15) is 9.59 Å². The van der Waals surface area contributed by atoms with Crippen LogP contribution in [0.3, 0.4) is 0 Å². The fourth-order valence-electron chi connectivity index (χ4n) is 1.78.